The smallest absolute Gasteiger partial charge is 0.462 e. The standard InChI is InChI=1S/C76H148O17P2/c1-7-9-11-13-15-17-19-21-23-24-25-26-28-30-32-36-40-48-54-60-75(80)92-71(64-86-73(78)58-52-46-39-35-31-29-27-22-20-18-16-14-12-10-8-2)66-90-94(82,83)88-62-70(77)63-89-95(84,85)91-67-72(65-87-74(79)59-53-47-43-42-45-51-57-69(5)6)93-76(81)61-55-49-41-37-33-34-38-44-50-56-68(3)4/h68-72,77H,7-67H2,1-6H3,(H,82,83)(H,84,85)/t70-,71-,72-/m1/s1. The average Bonchev–Trinajstić information content (AvgIpc) is 1.32. The van der Waals surface area contributed by atoms with Gasteiger partial charge in [-0.25, -0.2) is 9.13 Å². The van der Waals surface area contributed by atoms with Crippen LogP contribution < -0.4 is 0 Å². The third-order valence-corrected chi connectivity index (χ3v) is 19.6. The van der Waals surface area contributed by atoms with Crippen molar-refractivity contribution in [3.8, 4) is 0 Å². The Morgan fingerprint density at radius 1 is 0.284 bits per heavy atom. The van der Waals surface area contributed by atoms with E-state index in [4.69, 9.17) is 37.0 Å². The molecule has 0 heterocycles. The molecule has 0 aromatic heterocycles. The summed E-state index contributed by atoms with van der Waals surface area (Å²) in [6, 6.07) is 0. The Hall–Kier alpha value is -1.94. The number of esters is 4. The van der Waals surface area contributed by atoms with Gasteiger partial charge in [-0.15, -0.1) is 0 Å². The summed E-state index contributed by atoms with van der Waals surface area (Å²) in [5.41, 5.74) is 0. The second-order valence-electron chi connectivity index (χ2n) is 28.3. The third kappa shape index (κ3) is 70.3. The van der Waals surface area contributed by atoms with E-state index in [1.54, 1.807) is 0 Å². The predicted molar refractivity (Wildman–Crippen MR) is 386 cm³/mol. The van der Waals surface area contributed by atoms with E-state index in [0.717, 1.165) is 102 Å². The molecule has 0 fully saturated rings. The highest BCUT2D eigenvalue weighted by molar-refractivity contribution is 7.47. The van der Waals surface area contributed by atoms with Crippen LogP contribution in [0, 0.1) is 11.8 Å². The molecule has 0 saturated carbocycles. The molecule has 5 atom stereocenters. The van der Waals surface area contributed by atoms with E-state index in [0.29, 0.717) is 31.6 Å². The van der Waals surface area contributed by atoms with E-state index in [9.17, 15) is 43.2 Å². The first-order chi connectivity index (χ1) is 45.9. The van der Waals surface area contributed by atoms with Crippen molar-refractivity contribution < 1.29 is 80.2 Å². The summed E-state index contributed by atoms with van der Waals surface area (Å²) in [5, 5.41) is 10.6. The molecule has 0 spiro atoms. The van der Waals surface area contributed by atoms with Crippen molar-refractivity contribution in [2.45, 2.75) is 413 Å². The second-order valence-corrected chi connectivity index (χ2v) is 31.3. The third-order valence-electron chi connectivity index (χ3n) is 17.7. The molecule has 17 nitrogen and oxygen atoms in total. The number of carbonyl (C=O) groups is 4. The summed E-state index contributed by atoms with van der Waals surface area (Å²) in [5.74, 6) is -0.702. The van der Waals surface area contributed by atoms with Crippen molar-refractivity contribution in [2.75, 3.05) is 39.6 Å². The van der Waals surface area contributed by atoms with Crippen LogP contribution >= 0.6 is 15.6 Å². The molecule has 0 rings (SSSR count). The zero-order valence-corrected chi connectivity index (χ0v) is 63.8. The number of aliphatic hydroxyl groups is 1. The average molecular weight is 1400 g/mol. The molecule has 0 aromatic carbocycles. The molecule has 2 unspecified atom stereocenters. The molecule has 564 valence electrons. The van der Waals surface area contributed by atoms with E-state index in [-0.39, 0.29) is 25.7 Å². The van der Waals surface area contributed by atoms with Crippen LogP contribution in [-0.2, 0) is 65.4 Å². The van der Waals surface area contributed by atoms with Gasteiger partial charge in [-0.2, -0.15) is 0 Å². The fourth-order valence-corrected chi connectivity index (χ4v) is 13.2. The molecule has 0 bridgehead atoms. The summed E-state index contributed by atoms with van der Waals surface area (Å²) >= 11 is 0. The van der Waals surface area contributed by atoms with Gasteiger partial charge in [0.1, 0.15) is 19.3 Å². The molecule has 3 N–H and O–H groups in total. The van der Waals surface area contributed by atoms with Crippen LogP contribution in [-0.4, -0.2) is 96.7 Å². The lowest BCUT2D eigenvalue weighted by Crippen LogP contribution is -2.30. The molecular weight excluding hydrogens is 1250 g/mol. The number of carbonyl (C=O) groups excluding carboxylic acids is 4. The minimum Gasteiger partial charge on any atom is -0.462 e. The minimum absolute atomic E-state index is 0.104. The van der Waals surface area contributed by atoms with Gasteiger partial charge in [0, 0.05) is 25.7 Å². The van der Waals surface area contributed by atoms with Crippen LogP contribution in [0.1, 0.15) is 395 Å². The number of rotatable bonds is 75. The summed E-state index contributed by atoms with van der Waals surface area (Å²) in [7, 11) is -9.91. The molecule has 0 radical (unpaired) electrons. The van der Waals surface area contributed by atoms with Gasteiger partial charge in [-0.05, 0) is 37.5 Å². The van der Waals surface area contributed by atoms with Crippen molar-refractivity contribution in [1.29, 1.82) is 0 Å². The molecule has 0 amide bonds. The van der Waals surface area contributed by atoms with Crippen LogP contribution in [0.3, 0.4) is 0 Å². The van der Waals surface area contributed by atoms with E-state index in [1.165, 1.54) is 205 Å². The highest BCUT2D eigenvalue weighted by Gasteiger charge is 2.30. The fourth-order valence-electron chi connectivity index (χ4n) is 11.7. The number of phosphoric acid groups is 2. The lowest BCUT2D eigenvalue weighted by Gasteiger charge is -2.21. The van der Waals surface area contributed by atoms with Crippen molar-refractivity contribution >= 4 is 39.5 Å². The highest BCUT2D eigenvalue weighted by Crippen LogP contribution is 2.45. The Bertz CT molecular complexity index is 1840. The number of aliphatic hydroxyl groups excluding tert-OH is 1. The molecule has 0 aliphatic carbocycles. The molecular formula is C76H148O17P2. The Kier molecular flexibility index (Phi) is 66.5. The SMILES string of the molecule is CCCCCCCCCCCCCCCCCCCCCC(=O)O[C@H](COC(=O)CCCCCCCCCCCCCCCCC)COP(=O)(O)OC[C@@H](O)COP(=O)(O)OC[C@@H](COC(=O)CCCCCCCCC(C)C)OC(=O)CCCCCCCCCCCC(C)C. The largest absolute Gasteiger partial charge is 0.472 e. The Morgan fingerprint density at radius 3 is 0.716 bits per heavy atom. The first-order valence-corrected chi connectivity index (χ1v) is 42.5. The quantitative estimate of drug-likeness (QED) is 0.0222. The Labute approximate surface area is 581 Å². The van der Waals surface area contributed by atoms with Gasteiger partial charge in [0.15, 0.2) is 12.2 Å². The fraction of sp³-hybridized carbons (Fsp3) is 0.947. The van der Waals surface area contributed by atoms with Gasteiger partial charge in [0.25, 0.3) is 0 Å². The van der Waals surface area contributed by atoms with Crippen molar-refractivity contribution in [1.82, 2.24) is 0 Å². The van der Waals surface area contributed by atoms with E-state index in [2.05, 4.69) is 41.5 Å². The van der Waals surface area contributed by atoms with Gasteiger partial charge in [0.05, 0.1) is 26.4 Å². The van der Waals surface area contributed by atoms with E-state index in [1.807, 2.05) is 0 Å². The number of unbranched alkanes of at least 4 members (excludes halogenated alkanes) is 45. The zero-order valence-electron chi connectivity index (χ0n) is 62.0. The van der Waals surface area contributed by atoms with Crippen molar-refractivity contribution in [3.05, 3.63) is 0 Å². The van der Waals surface area contributed by atoms with E-state index >= 15 is 0 Å². The maximum absolute atomic E-state index is 13.1. The molecule has 95 heavy (non-hydrogen) atoms. The molecule has 0 saturated heterocycles. The zero-order chi connectivity index (χ0) is 70.0. The molecule has 0 aliphatic rings. The van der Waals surface area contributed by atoms with Crippen LogP contribution in [0.5, 0.6) is 0 Å². The van der Waals surface area contributed by atoms with Gasteiger partial charge in [-0.1, -0.05) is 343 Å². The summed E-state index contributed by atoms with van der Waals surface area (Å²) in [4.78, 5) is 72.8. The maximum Gasteiger partial charge on any atom is 0.472 e. The summed E-state index contributed by atoms with van der Waals surface area (Å²) in [6.45, 7) is 9.49. The minimum atomic E-state index is -4.96. The molecule has 0 aromatic rings. The van der Waals surface area contributed by atoms with Crippen LogP contribution in [0.2, 0.25) is 0 Å². The van der Waals surface area contributed by atoms with Crippen LogP contribution in [0.4, 0.5) is 0 Å². The predicted octanol–water partition coefficient (Wildman–Crippen LogP) is 22.3. The number of phosphoric ester groups is 2. The van der Waals surface area contributed by atoms with Crippen molar-refractivity contribution in [3.63, 3.8) is 0 Å². The lowest BCUT2D eigenvalue weighted by atomic mass is 10.0. The van der Waals surface area contributed by atoms with Gasteiger partial charge >= 0.3 is 39.5 Å². The summed E-state index contributed by atoms with van der Waals surface area (Å²) < 4.78 is 68.5. The van der Waals surface area contributed by atoms with Crippen molar-refractivity contribution in [2.24, 2.45) is 11.8 Å². The van der Waals surface area contributed by atoms with Gasteiger partial charge < -0.3 is 33.8 Å². The molecule has 19 heteroatoms. The molecule has 0 aliphatic heterocycles. The number of hydrogen-bond donors (Lipinski definition) is 3. The maximum atomic E-state index is 13.1. The first-order valence-electron chi connectivity index (χ1n) is 39.5. The first kappa shape index (κ1) is 93.1. The monoisotopic (exact) mass is 1400 g/mol. The Balaban J connectivity index is 5.22. The van der Waals surface area contributed by atoms with E-state index < -0.39 is 97.5 Å². The topological polar surface area (TPSA) is 237 Å². The summed E-state index contributed by atoms with van der Waals surface area (Å²) in [6.07, 6.45) is 55.7. The lowest BCUT2D eigenvalue weighted by molar-refractivity contribution is -0.161. The van der Waals surface area contributed by atoms with Gasteiger partial charge in [0.2, 0.25) is 0 Å². The van der Waals surface area contributed by atoms with Gasteiger partial charge in [-0.3, -0.25) is 37.3 Å². The number of hydrogen-bond acceptors (Lipinski definition) is 15. The van der Waals surface area contributed by atoms with Crippen LogP contribution in [0.25, 0.3) is 0 Å². The number of ether oxygens (including phenoxy) is 4. The normalized spacial score (nSPS) is 14.0. The highest BCUT2D eigenvalue weighted by atomic mass is 31.2. The Morgan fingerprint density at radius 2 is 0.484 bits per heavy atom. The van der Waals surface area contributed by atoms with Crippen LogP contribution in [0.15, 0.2) is 0 Å². The second kappa shape index (κ2) is 67.9.